The van der Waals surface area contributed by atoms with E-state index in [0.717, 1.165) is 29.0 Å². The van der Waals surface area contributed by atoms with Crippen LogP contribution in [0.2, 0.25) is 0 Å². The highest BCUT2D eigenvalue weighted by molar-refractivity contribution is 6.07. The summed E-state index contributed by atoms with van der Waals surface area (Å²) in [6.45, 7) is 0.570. The molecular formula is C18H15NO3. The number of rotatable bonds is 4. The highest BCUT2D eigenvalue weighted by Gasteiger charge is 2.24. The minimum Gasteiger partial charge on any atom is -0.491 e. The summed E-state index contributed by atoms with van der Waals surface area (Å²) in [6, 6.07) is 13.6. The van der Waals surface area contributed by atoms with Gasteiger partial charge in [-0.3, -0.25) is 0 Å². The van der Waals surface area contributed by atoms with E-state index in [4.69, 9.17) is 4.74 Å². The lowest BCUT2D eigenvalue weighted by molar-refractivity contribution is 0.0685. The highest BCUT2D eigenvalue weighted by atomic mass is 16.5. The van der Waals surface area contributed by atoms with Gasteiger partial charge in [0.2, 0.25) is 0 Å². The number of fused-ring (bicyclic) bond motifs is 3. The Kier molecular flexibility index (Phi) is 2.96. The van der Waals surface area contributed by atoms with E-state index in [1.54, 1.807) is 6.07 Å². The Morgan fingerprint density at radius 2 is 1.95 bits per heavy atom. The Morgan fingerprint density at radius 3 is 2.73 bits per heavy atom. The molecule has 0 saturated heterocycles. The van der Waals surface area contributed by atoms with Crippen LogP contribution in [-0.4, -0.2) is 22.7 Å². The average Bonchev–Trinajstić information content (AvgIpc) is 3.36. The second-order valence-electron chi connectivity index (χ2n) is 5.75. The van der Waals surface area contributed by atoms with Crippen LogP contribution in [0, 0.1) is 5.92 Å². The number of aromatic carboxylic acids is 1. The Balaban J connectivity index is 1.90. The van der Waals surface area contributed by atoms with Gasteiger partial charge in [-0.15, -0.1) is 0 Å². The monoisotopic (exact) mass is 293 g/mol. The van der Waals surface area contributed by atoms with Gasteiger partial charge < -0.3 is 9.84 Å². The molecule has 4 rings (SSSR count). The fourth-order valence-corrected chi connectivity index (χ4v) is 2.65. The first-order valence-corrected chi connectivity index (χ1v) is 7.41. The summed E-state index contributed by atoms with van der Waals surface area (Å²) >= 11 is 0. The highest BCUT2D eigenvalue weighted by Crippen LogP contribution is 2.32. The maximum Gasteiger partial charge on any atom is 0.358 e. The van der Waals surface area contributed by atoms with E-state index < -0.39 is 5.97 Å². The van der Waals surface area contributed by atoms with Gasteiger partial charge in [0.15, 0.2) is 11.4 Å². The molecule has 1 aliphatic carbocycles. The van der Waals surface area contributed by atoms with Crippen LogP contribution in [0.3, 0.4) is 0 Å². The molecule has 0 radical (unpaired) electrons. The zero-order valence-electron chi connectivity index (χ0n) is 12.0. The first-order chi connectivity index (χ1) is 10.7. The molecule has 2 aromatic carbocycles. The average molecular weight is 293 g/mol. The van der Waals surface area contributed by atoms with E-state index in [9.17, 15) is 9.90 Å². The quantitative estimate of drug-likeness (QED) is 0.742. The van der Waals surface area contributed by atoms with Gasteiger partial charge in [-0.05, 0) is 30.2 Å². The van der Waals surface area contributed by atoms with Crippen molar-refractivity contribution in [2.45, 2.75) is 12.8 Å². The third-order valence-corrected chi connectivity index (χ3v) is 4.05. The second kappa shape index (κ2) is 4.98. The maximum absolute atomic E-state index is 11.5. The largest absolute Gasteiger partial charge is 0.491 e. The molecule has 0 atom stereocenters. The Hall–Kier alpha value is -2.62. The Bertz CT molecular complexity index is 884. The summed E-state index contributed by atoms with van der Waals surface area (Å²) < 4.78 is 5.70. The smallest absolute Gasteiger partial charge is 0.358 e. The summed E-state index contributed by atoms with van der Waals surface area (Å²) in [5.74, 6) is -0.128. The number of hydrogen-bond acceptors (Lipinski definition) is 3. The molecule has 22 heavy (non-hydrogen) atoms. The molecule has 0 aliphatic heterocycles. The third-order valence-electron chi connectivity index (χ3n) is 4.05. The van der Waals surface area contributed by atoms with Crippen LogP contribution in [0.1, 0.15) is 23.3 Å². The zero-order chi connectivity index (χ0) is 15.1. The minimum atomic E-state index is -1.05. The lowest BCUT2D eigenvalue weighted by atomic mass is 10.1. The van der Waals surface area contributed by atoms with E-state index in [1.807, 2.05) is 36.4 Å². The topological polar surface area (TPSA) is 59.4 Å². The summed E-state index contributed by atoms with van der Waals surface area (Å²) in [7, 11) is 0. The van der Waals surface area contributed by atoms with E-state index in [2.05, 4.69) is 4.98 Å². The number of nitrogens with zero attached hydrogens (tertiary/aromatic N) is 1. The first-order valence-electron chi connectivity index (χ1n) is 7.41. The molecule has 1 aromatic heterocycles. The Morgan fingerprint density at radius 1 is 1.18 bits per heavy atom. The number of carboxylic acid groups (broad SMARTS) is 1. The maximum atomic E-state index is 11.5. The molecule has 1 aliphatic rings. The number of aromatic nitrogens is 1. The lowest BCUT2D eigenvalue weighted by Crippen LogP contribution is -2.08. The molecule has 3 aromatic rings. The molecule has 0 bridgehead atoms. The molecule has 4 nitrogen and oxygen atoms in total. The van der Waals surface area contributed by atoms with Gasteiger partial charge in [-0.1, -0.05) is 36.4 Å². The van der Waals surface area contributed by atoms with Crippen molar-refractivity contribution >= 4 is 27.6 Å². The molecule has 110 valence electrons. The van der Waals surface area contributed by atoms with Crippen LogP contribution in [0.15, 0.2) is 42.5 Å². The van der Waals surface area contributed by atoms with Crippen molar-refractivity contribution in [2.24, 2.45) is 5.92 Å². The van der Waals surface area contributed by atoms with Crippen molar-refractivity contribution in [3.8, 4) is 5.75 Å². The van der Waals surface area contributed by atoms with E-state index in [1.165, 1.54) is 0 Å². The van der Waals surface area contributed by atoms with Gasteiger partial charge in [-0.2, -0.15) is 0 Å². The molecule has 0 amide bonds. The molecule has 1 fully saturated rings. The van der Waals surface area contributed by atoms with E-state index in [-0.39, 0.29) is 5.69 Å². The van der Waals surface area contributed by atoms with Gasteiger partial charge in [0, 0.05) is 10.8 Å². The zero-order valence-corrected chi connectivity index (χ0v) is 12.0. The summed E-state index contributed by atoms with van der Waals surface area (Å²) in [5.41, 5.74) is 0.693. The normalized spacial score (nSPS) is 14.4. The van der Waals surface area contributed by atoms with Crippen molar-refractivity contribution in [2.75, 3.05) is 6.61 Å². The van der Waals surface area contributed by atoms with Crippen molar-refractivity contribution in [3.63, 3.8) is 0 Å². The predicted octanol–water partition coefficient (Wildman–Crippen LogP) is 3.88. The first kappa shape index (κ1) is 13.1. The summed E-state index contributed by atoms with van der Waals surface area (Å²) in [4.78, 5) is 15.9. The van der Waals surface area contributed by atoms with Crippen LogP contribution in [-0.2, 0) is 0 Å². The number of ether oxygens (including phenoxy) is 1. The molecule has 1 heterocycles. The van der Waals surface area contributed by atoms with Crippen LogP contribution < -0.4 is 4.74 Å². The summed E-state index contributed by atoms with van der Waals surface area (Å²) in [5, 5.41) is 12.3. The minimum absolute atomic E-state index is 0.00972. The fourth-order valence-electron chi connectivity index (χ4n) is 2.65. The number of benzene rings is 2. The van der Waals surface area contributed by atoms with Gasteiger partial charge in [0.1, 0.15) is 0 Å². The molecular weight excluding hydrogens is 278 g/mol. The van der Waals surface area contributed by atoms with Gasteiger partial charge in [0.05, 0.1) is 12.1 Å². The summed E-state index contributed by atoms with van der Waals surface area (Å²) in [6.07, 6.45) is 2.32. The SMILES string of the molecule is O=C(O)c1nc2c(ccc3ccccc32)cc1OCC1CC1. The van der Waals surface area contributed by atoms with Gasteiger partial charge in [-0.25, -0.2) is 9.78 Å². The van der Waals surface area contributed by atoms with E-state index >= 15 is 0 Å². The molecule has 0 unspecified atom stereocenters. The number of carbonyl (C=O) groups is 1. The Labute approximate surface area is 127 Å². The van der Waals surface area contributed by atoms with Crippen LogP contribution in [0.4, 0.5) is 0 Å². The van der Waals surface area contributed by atoms with Crippen molar-refractivity contribution in [1.82, 2.24) is 4.98 Å². The fraction of sp³-hybridized carbons (Fsp3) is 0.222. The number of pyridine rings is 1. The van der Waals surface area contributed by atoms with Crippen LogP contribution >= 0.6 is 0 Å². The number of carboxylic acids is 1. The van der Waals surface area contributed by atoms with E-state index in [0.29, 0.717) is 23.8 Å². The lowest BCUT2D eigenvalue weighted by Gasteiger charge is -2.11. The molecule has 1 N–H and O–H groups in total. The number of hydrogen-bond donors (Lipinski definition) is 1. The van der Waals surface area contributed by atoms with Crippen molar-refractivity contribution < 1.29 is 14.6 Å². The van der Waals surface area contributed by atoms with Gasteiger partial charge in [0.25, 0.3) is 0 Å². The second-order valence-corrected chi connectivity index (χ2v) is 5.75. The molecule has 1 saturated carbocycles. The van der Waals surface area contributed by atoms with Gasteiger partial charge >= 0.3 is 5.97 Å². The molecule has 4 heteroatoms. The van der Waals surface area contributed by atoms with Crippen molar-refractivity contribution in [1.29, 1.82) is 0 Å². The third kappa shape index (κ3) is 2.26. The van der Waals surface area contributed by atoms with Crippen molar-refractivity contribution in [3.05, 3.63) is 48.2 Å². The van der Waals surface area contributed by atoms with Crippen LogP contribution in [0.5, 0.6) is 5.75 Å². The van der Waals surface area contributed by atoms with Crippen LogP contribution in [0.25, 0.3) is 21.7 Å². The predicted molar refractivity (Wildman–Crippen MR) is 84.4 cm³/mol. The standard InChI is InChI=1S/C18H15NO3/c20-18(21)17-15(22-10-11-5-6-11)9-13-8-7-12-3-1-2-4-14(12)16(13)19-17/h1-4,7-9,11H,5-6,10H2,(H,20,21). The molecule has 0 spiro atoms.